The molecule has 0 aliphatic heterocycles. The number of hydrogen-bond acceptors (Lipinski definition) is 2. The lowest BCUT2D eigenvalue weighted by Gasteiger charge is -2.14. The number of rotatable bonds is 11. The lowest BCUT2D eigenvalue weighted by atomic mass is 10.1. The van der Waals surface area contributed by atoms with E-state index in [4.69, 9.17) is 4.74 Å². The summed E-state index contributed by atoms with van der Waals surface area (Å²) in [4.78, 5) is 11.7. The smallest absolute Gasteiger partial charge is 0.407 e. The van der Waals surface area contributed by atoms with Gasteiger partial charge in [0.2, 0.25) is 0 Å². The van der Waals surface area contributed by atoms with Crippen LogP contribution < -0.4 is 5.32 Å². The topological polar surface area (TPSA) is 38.3 Å². The summed E-state index contributed by atoms with van der Waals surface area (Å²) in [6.45, 7) is 6.18. The molecule has 22 heavy (non-hydrogen) atoms. The Balaban J connectivity index is 2.01. The van der Waals surface area contributed by atoms with E-state index in [1.807, 2.05) is 43.3 Å². The van der Waals surface area contributed by atoms with Crippen LogP contribution >= 0.6 is 0 Å². The molecule has 0 saturated heterocycles. The summed E-state index contributed by atoms with van der Waals surface area (Å²) < 4.78 is 5.22. The molecule has 0 bridgehead atoms. The fraction of sp³-hybridized carbons (Fsp3) is 0.526. The molecule has 0 heterocycles. The van der Waals surface area contributed by atoms with Crippen molar-refractivity contribution >= 4 is 6.09 Å². The van der Waals surface area contributed by atoms with E-state index in [-0.39, 0.29) is 12.1 Å². The van der Waals surface area contributed by atoms with E-state index in [1.165, 1.54) is 25.7 Å². The van der Waals surface area contributed by atoms with Gasteiger partial charge >= 0.3 is 6.09 Å². The Morgan fingerprint density at radius 1 is 1.14 bits per heavy atom. The van der Waals surface area contributed by atoms with E-state index in [0.717, 1.165) is 24.8 Å². The fourth-order valence-corrected chi connectivity index (χ4v) is 2.31. The molecule has 0 aromatic heterocycles. The largest absolute Gasteiger partial charge is 0.450 e. The van der Waals surface area contributed by atoms with Crippen molar-refractivity contribution in [3.05, 3.63) is 48.6 Å². The number of benzene rings is 1. The van der Waals surface area contributed by atoms with Crippen LogP contribution in [-0.4, -0.2) is 12.7 Å². The van der Waals surface area contributed by atoms with Gasteiger partial charge in [0, 0.05) is 0 Å². The SMILES string of the molecule is C=CCCCCCCCCOC(=O)NC(C)c1ccccc1. The minimum absolute atomic E-state index is 0.0291. The second-order valence-corrected chi connectivity index (χ2v) is 5.61. The Hall–Kier alpha value is -1.77. The molecule has 0 radical (unpaired) electrons. The predicted molar refractivity (Wildman–Crippen MR) is 91.9 cm³/mol. The molecule has 0 aliphatic rings. The van der Waals surface area contributed by atoms with Gasteiger partial charge in [-0.1, -0.05) is 62.1 Å². The molecular formula is C19H29NO2. The summed E-state index contributed by atoms with van der Waals surface area (Å²) in [7, 11) is 0. The second-order valence-electron chi connectivity index (χ2n) is 5.61. The molecule has 0 fully saturated rings. The molecule has 1 amide bonds. The molecule has 1 atom stereocenters. The summed E-state index contributed by atoms with van der Waals surface area (Å²) in [5.74, 6) is 0. The first-order valence-electron chi connectivity index (χ1n) is 8.33. The van der Waals surface area contributed by atoms with Crippen LogP contribution in [0, 0.1) is 0 Å². The third kappa shape index (κ3) is 8.50. The van der Waals surface area contributed by atoms with Gasteiger partial charge in [0.1, 0.15) is 0 Å². The average molecular weight is 303 g/mol. The summed E-state index contributed by atoms with van der Waals surface area (Å²) in [6.07, 6.45) is 9.79. The molecule has 1 unspecified atom stereocenters. The number of hydrogen-bond donors (Lipinski definition) is 1. The van der Waals surface area contributed by atoms with Gasteiger partial charge in [-0.25, -0.2) is 4.79 Å². The molecule has 1 aromatic rings. The maximum Gasteiger partial charge on any atom is 0.407 e. The fourth-order valence-electron chi connectivity index (χ4n) is 2.31. The number of nitrogens with one attached hydrogen (secondary N) is 1. The highest BCUT2D eigenvalue weighted by Gasteiger charge is 2.09. The zero-order valence-electron chi connectivity index (χ0n) is 13.7. The van der Waals surface area contributed by atoms with Gasteiger partial charge in [-0.3, -0.25) is 0 Å². The van der Waals surface area contributed by atoms with E-state index >= 15 is 0 Å². The molecule has 1 rings (SSSR count). The highest BCUT2D eigenvalue weighted by atomic mass is 16.5. The molecule has 0 spiro atoms. The van der Waals surface area contributed by atoms with Gasteiger partial charge in [-0.05, 0) is 31.7 Å². The molecule has 3 heteroatoms. The van der Waals surface area contributed by atoms with Crippen molar-refractivity contribution in [2.75, 3.05) is 6.61 Å². The maximum atomic E-state index is 11.7. The van der Waals surface area contributed by atoms with Crippen molar-refractivity contribution < 1.29 is 9.53 Å². The van der Waals surface area contributed by atoms with Crippen LogP contribution in [0.15, 0.2) is 43.0 Å². The number of unbranched alkanes of at least 4 members (excludes halogenated alkanes) is 6. The Kier molecular flexibility index (Phi) is 9.84. The van der Waals surface area contributed by atoms with Crippen LogP contribution in [0.3, 0.4) is 0 Å². The van der Waals surface area contributed by atoms with Crippen LogP contribution in [0.25, 0.3) is 0 Å². The Morgan fingerprint density at radius 2 is 1.77 bits per heavy atom. The third-order valence-corrected chi connectivity index (χ3v) is 3.67. The first kappa shape index (κ1) is 18.3. The Morgan fingerprint density at radius 3 is 2.45 bits per heavy atom. The summed E-state index contributed by atoms with van der Waals surface area (Å²) in [5.41, 5.74) is 1.08. The minimum atomic E-state index is -0.331. The monoisotopic (exact) mass is 303 g/mol. The molecule has 122 valence electrons. The van der Waals surface area contributed by atoms with Crippen molar-refractivity contribution in [3.8, 4) is 0 Å². The van der Waals surface area contributed by atoms with Gasteiger partial charge in [0.05, 0.1) is 12.6 Å². The first-order valence-corrected chi connectivity index (χ1v) is 8.33. The van der Waals surface area contributed by atoms with Crippen molar-refractivity contribution in [2.45, 2.75) is 57.9 Å². The van der Waals surface area contributed by atoms with Gasteiger partial charge in [-0.2, -0.15) is 0 Å². The molecule has 3 nitrogen and oxygen atoms in total. The number of alkyl carbamates (subject to hydrolysis) is 1. The molecule has 1 N–H and O–H groups in total. The summed E-state index contributed by atoms with van der Waals surface area (Å²) in [6, 6.07) is 9.86. The highest BCUT2D eigenvalue weighted by molar-refractivity contribution is 5.67. The van der Waals surface area contributed by atoms with E-state index in [2.05, 4.69) is 11.9 Å². The van der Waals surface area contributed by atoms with E-state index < -0.39 is 0 Å². The van der Waals surface area contributed by atoms with Crippen LogP contribution in [-0.2, 0) is 4.74 Å². The maximum absolute atomic E-state index is 11.7. The quantitative estimate of drug-likeness (QED) is 0.439. The van der Waals surface area contributed by atoms with Crippen LogP contribution in [0.5, 0.6) is 0 Å². The molecular weight excluding hydrogens is 274 g/mol. The lowest BCUT2D eigenvalue weighted by molar-refractivity contribution is 0.140. The van der Waals surface area contributed by atoms with Crippen LogP contribution in [0.2, 0.25) is 0 Å². The standard InChI is InChI=1S/C19H29NO2/c1-3-4-5-6-7-8-9-13-16-22-19(21)20-17(2)18-14-11-10-12-15-18/h3,10-12,14-15,17H,1,4-9,13,16H2,2H3,(H,20,21). The van der Waals surface area contributed by atoms with Crippen molar-refractivity contribution in [3.63, 3.8) is 0 Å². The normalized spacial score (nSPS) is 11.7. The van der Waals surface area contributed by atoms with Crippen LogP contribution in [0.4, 0.5) is 4.79 Å². The molecule has 1 aromatic carbocycles. The van der Waals surface area contributed by atoms with E-state index in [0.29, 0.717) is 6.61 Å². The van der Waals surface area contributed by atoms with Gasteiger partial charge < -0.3 is 10.1 Å². The average Bonchev–Trinajstić information content (AvgIpc) is 2.54. The molecule has 0 aliphatic carbocycles. The zero-order chi connectivity index (χ0) is 16.0. The summed E-state index contributed by atoms with van der Waals surface area (Å²) >= 11 is 0. The second kappa shape index (κ2) is 11.8. The Labute approximate surface area is 134 Å². The summed E-state index contributed by atoms with van der Waals surface area (Å²) in [5, 5.41) is 2.85. The van der Waals surface area contributed by atoms with Crippen molar-refractivity contribution in [1.29, 1.82) is 0 Å². The molecule has 0 saturated carbocycles. The van der Waals surface area contributed by atoms with Gasteiger partial charge in [0.25, 0.3) is 0 Å². The van der Waals surface area contributed by atoms with E-state index in [9.17, 15) is 4.79 Å². The predicted octanol–water partition coefficient (Wildman–Crippen LogP) is 5.39. The number of allylic oxidation sites excluding steroid dienone is 1. The van der Waals surface area contributed by atoms with Gasteiger partial charge in [-0.15, -0.1) is 6.58 Å². The number of amides is 1. The third-order valence-electron chi connectivity index (χ3n) is 3.67. The van der Waals surface area contributed by atoms with Gasteiger partial charge in [0.15, 0.2) is 0 Å². The van der Waals surface area contributed by atoms with E-state index in [1.54, 1.807) is 0 Å². The van der Waals surface area contributed by atoms with Crippen molar-refractivity contribution in [2.24, 2.45) is 0 Å². The minimum Gasteiger partial charge on any atom is -0.450 e. The Bertz CT molecular complexity index is 417. The number of carbonyl (C=O) groups excluding carboxylic acids is 1. The first-order chi connectivity index (χ1) is 10.7. The number of carbonyl (C=O) groups is 1. The highest BCUT2D eigenvalue weighted by Crippen LogP contribution is 2.11. The zero-order valence-corrected chi connectivity index (χ0v) is 13.7. The number of ether oxygens (including phenoxy) is 1. The van der Waals surface area contributed by atoms with Crippen LogP contribution in [0.1, 0.15) is 63.5 Å². The lowest BCUT2D eigenvalue weighted by Crippen LogP contribution is -2.27. The van der Waals surface area contributed by atoms with Crippen molar-refractivity contribution in [1.82, 2.24) is 5.32 Å².